The molecular weight excluding hydrogens is 378 g/mol. The topological polar surface area (TPSA) is 49.4 Å². The Balaban J connectivity index is 1.87. The second-order valence-corrected chi connectivity index (χ2v) is 8.85. The van der Waals surface area contributed by atoms with Gasteiger partial charge in [-0.1, -0.05) is 43.0 Å². The summed E-state index contributed by atoms with van der Waals surface area (Å²) in [5, 5.41) is 3.16. The standard InChI is InChI=1S/C19H21Cl2FN2O2/c1-18(7-2-3-8-18)15(13-12(22)6-5-11(20)14(13)21)24-16(25)19(9-4-10-19)23-17(24)26/h5-6,15H,2-4,7-10H2,1H3,(H,23,26)/t15-/m1/s1. The maximum atomic E-state index is 14.9. The fraction of sp³-hybridized carbons (Fsp3) is 0.579. The zero-order chi connectivity index (χ0) is 18.7. The van der Waals surface area contributed by atoms with Crippen LogP contribution in [0.5, 0.6) is 0 Å². The lowest BCUT2D eigenvalue weighted by Crippen LogP contribution is -2.53. The Morgan fingerprint density at radius 2 is 1.77 bits per heavy atom. The molecule has 1 N–H and O–H groups in total. The van der Waals surface area contributed by atoms with Crippen LogP contribution in [0, 0.1) is 11.2 Å². The van der Waals surface area contributed by atoms with Crippen molar-refractivity contribution in [2.45, 2.75) is 63.5 Å². The van der Waals surface area contributed by atoms with Crippen LogP contribution in [-0.2, 0) is 4.79 Å². The van der Waals surface area contributed by atoms with E-state index in [-0.39, 0.29) is 21.5 Å². The molecule has 0 bridgehead atoms. The van der Waals surface area contributed by atoms with Crippen molar-refractivity contribution in [2.75, 3.05) is 0 Å². The van der Waals surface area contributed by atoms with Crippen molar-refractivity contribution in [3.63, 3.8) is 0 Å². The predicted octanol–water partition coefficient (Wildman–Crippen LogP) is 5.23. The lowest BCUT2D eigenvalue weighted by atomic mass is 9.74. The molecule has 2 saturated carbocycles. The maximum Gasteiger partial charge on any atom is 0.325 e. The first kappa shape index (κ1) is 18.1. The molecule has 3 aliphatic rings. The van der Waals surface area contributed by atoms with Gasteiger partial charge in [0.1, 0.15) is 11.4 Å². The number of carbonyl (C=O) groups excluding carboxylic acids is 2. The summed E-state index contributed by atoms with van der Waals surface area (Å²) in [5.41, 5.74) is -1.09. The summed E-state index contributed by atoms with van der Waals surface area (Å²) < 4.78 is 14.9. The molecule has 0 radical (unpaired) electrons. The van der Waals surface area contributed by atoms with Crippen LogP contribution in [0.25, 0.3) is 0 Å². The molecule has 1 spiro atoms. The first-order valence-electron chi connectivity index (χ1n) is 9.08. The Labute approximate surface area is 162 Å². The van der Waals surface area contributed by atoms with Gasteiger partial charge in [-0.3, -0.25) is 9.69 Å². The van der Waals surface area contributed by atoms with E-state index >= 15 is 0 Å². The van der Waals surface area contributed by atoms with Gasteiger partial charge in [0.2, 0.25) is 0 Å². The van der Waals surface area contributed by atoms with Gasteiger partial charge in [0, 0.05) is 5.56 Å². The highest BCUT2D eigenvalue weighted by atomic mass is 35.5. The van der Waals surface area contributed by atoms with Gasteiger partial charge in [0.05, 0.1) is 16.1 Å². The van der Waals surface area contributed by atoms with E-state index in [4.69, 9.17) is 23.2 Å². The Kier molecular flexibility index (Phi) is 4.23. The first-order valence-corrected chi connectivity index (χ1v) is 9.84. The lowest BCUT2D eigenvalue weighted by Gasteiger charge is -2.41. The van der Waals surface area contributed by atoms with E-state index in [1.165, 1.54) is 17.0 Å². The number of benzene rings is 1. The normalized spacial score (nSPS) is 24.7. The van der Waals surface area contributed by atoms with Gasteiger partial charge >= 0.3 is 6.03 Å². The van der Waals surface area contributed by atoms with Gasteiger partial charge in [0.25, 0.3) is 5.91 Å². The van der Waals surface area contributed by atoms with Crippen LogP contribution < -0.4 is 5.32 Å². The smallest absolute Gasteiger partial charge is 0.323 e. The molecule has 0 unspecified atom stereocenters. The molecule has 1 saturated heterocycles. The van der Waals surface area contributed by atoms with Crippen LogP contribution in [0.1, 0.15) is 63.5 Å². The third-order valence-corrected chi connectivity index (χ3v) is 7.24. The van der Waals surface area contributed by atoms with Crippen molar-refractivity contribution in [1.82, 2.24) is 10.2 Å². The number of carbonyl (C=O) groups is 2. The van der Waals surface area contributed by atoms with Gasteiger partial charge in [-0.2, -0.15) is 0 Å². The number of hydrogen-bond acceptors (Lipinski definition) is 2. The number of urea groups is 1. The van der Waals surface area contributed by atoms with Crippen LogP contribution >= 0.6 is 23.2 Å². The average molecular weight is 399 g/mol. The average Bonchev–Trinajstić information content (AvgIpc) is 3.11. The minimum Gasteiger partial charge on any atom is -0.323 e. The van der Waals surface area contributed by atoms with E-state index in [2.05, 4.69) is 5.32 Å². The zero-order valence-corrected chi connectivity index (χ0v) is 16.1. The second-order valence-electron chi connectivity index (χ2n) is 8.06. The van der Waals surface area contributed by atoms with Crippen molar-refractivity contribution >= 4 is 35.1 Å². The number of nitrogens with zero attached hydrogens (tertiary/aromatic N) is 1. The minimum absolute atomic E-state index is 0.0833. The molecule has 1 heterocycles. The zero-order valence-electron chi connectivity index (χ0n) is 14.6. The number of hydrogen-bond donors (Lipinski definition) is 1. The van der Waals surface area contributed by atoms with E-state index in [1.807, 2.05) is 6.92 Å². The molecule has 0 aromatic heterocycles. The number of rotatable bonds is 3. The molecule has 26 heavy (non-hydrogen) atoms. The van der Waals surface area contributed by atoms with Crippen molar-refractivity contribution < 1.29 is 14.0 Å². The molecule has 1 aromatic carbocycles. The molecule has 1 atom stereocenters. The monoisotopic (exact) mass is 398 g/mol. The maximum absolute atomic E-state index is 14.9. The summed E-state index contributed by atoms with van der Waals surface area (Å²) >= 11 is 12.5. The van der Waals surface area contributed by atoms with Gasteiger partial charge in [-0.15, -0.1) is 0 Å². The van der Waals surface area contributed by atoms with Crippen LogP contribution in [0.2, 0.25) is 10.0 Å². The van der Waals surface area contributed by atoms with Gasteiger partial charge < -0.3 is 5.32 Å². The Bertz CT molecular complexity index is 788. The molecule has 4 nitrogen and oxygen atoms in total. The van der Waals surface area contributed by atoms with Crippen molar-refractivity contribution in [2.24, 2.45) is 5.41 Å². The molecule has 7 heteroatoms. The Morgan fingerprint density at radius 1 is 1.12 bits per heavy atom. The summed E-state index contributed by atoms with van der Waals surface area (Å²) in [6.07, 6.45) is 5.69. The van der Waals surface area contributed by atoms with Crippen molar-refractivity contribution in [3.8, 4) is 0 Å². The number of nitrogens with one attached hydrogen (secondary N) is 1. The largest absolute Gasteiger partial charge is 0.325 e. The number of amides is 3. The summed E-state index contributed by atoms with van der Waals surface area (Å²) in [6.45, 7) is 2.01. The summed E-state index contributed by atoms with van der Waals surface area (Å²) in [6, 6.07) is 1.44. The second kappa shape index (κ2) is 6.10. The molecule has 4 rings (SSSR count). The third-order valence-electron chi connectivity index (χ3n) is 6.42. The summed E-state index contributed by atoms with van der Waals surface area (Å²) in [4.78, 5) is 27.2. The number of imide groups is 1. The van der Waals surface area contributed by atoms with Gasteiger partial charge in [-0.25, -0.2) is 9.18 Å². The molecule has 1 aromatic rings. The summed E-state index contributed by atoms with van der Waals surface area (Å²) in [5.74, 6) is -0.796. The highest BCUT2D eigenvalue weighted by Crippen LogP contribution is 2.54. The number of halogens is 3. The van der Waals surface area contributed by atoms with Crippen LogP contribution in [0.3, 0.4) is 0 Å². The summed E-state index contributed by atoms with van der Waals surface area (Å²) in [7, 11) is 0. The van der Waals surface area contributed by atoms with Crippen molar-refractivity contribution in [3.05, 3.63) is 33.6 Å². The molecule has 1 aliphatic heterocycles. The fourth-order valence-electron chi connectivity index (χ4n) is 4.78. The quantitative estimate of drug-likeness (QED) is 0.559. The highest BCUT2D eigenvalue weighted by Gasteiger charge is 2.59. The molecule has 2 aliphatic carbocycles. The Morgan fingerprint density at radius 3 is 2.31 bits per heavy atom. The van der Waals surface area contributed by atoms with Crippen LogP contribution in [-0.4, -0.2) is 22.4 Å². The highest BCUT2D eigenvalue weighted by molar-refractivity contribution is 6.42. The molecule has 3 amide bonds. The van der Waals surface area contributed by atoms with E-state index in [0.717, 1.165) is 32.1 Å². The van der Waals surface area contributed by atoms with E-state index in [1.54, 1.807) is 0 Å². The SMILES string of the molecule is CC1([C@@H](c2c(F)ccc(Cl)c2Cl)N2C(=O)NC3(CCC3)C2=O)CCCC1. The predicted molar refractivity (Wildman–Crippen MR) is 97.7 cm³/mol. The lowest BCUT2D eigenvalue weighted by molar-refractivity contribution is -0.137. The molecule has 3 fully saturated rings. The molecule has 140 valence electrons. The van der Waals surface area contributed by atoms with E-state index in [9.17, 15) is 14.0 Å². The van der Waals surface area contributed by atoms with Gasteiger partial charge in [-0.05, 0) is 49.7 Å². The minimum atomic E-state index is -0.814. The Hall–Kier alpha value is -1.33. The van der Waals surface area contributed by atoms with E-state index in [0.29, 0.717) is 12.8 Å². The fourth-order valence-corrected chi connectivity index (χ4v) is 5.21. The van der Waals surface area contributed by atoms with Crippen molar-refractivity contribution in [1.29, 1.82) is 0 Å². The molecular formula is C19H21Cl2FN2O2. The van der Waals surface area contributed by atoms with Gasteiger partial charge in [0.15, 0.2) is 0 Å². The van der Waals surface area contributed by atoms with Crippen LogP contribution in [0.15, 0.2) is 12.1 Å². The van der Waals surface area contributed by atoms with Crippen LogP contribution in [0.4, 0.5) is 9.18 Å². The first-order chi connectivity index (χ1) is 12.3. The third kappa shape index (κ3) is 2.47. The van der Waals surface area contributed by atoms with E-state index < -0.39 is 28.8 Å².